The van der Waals surface area contributed by atoms with Gasteiger partial charge in [-0.15, -0.1) is 6.58 Å². The molecule has 0 atom stereocenters. The third-order valence-electron chi connectivity index (χ3n) is 2.03. The van der Waals surface area contributed by atoms with Crippen LogP contribution in [-0.2, 0) is 12.8 Å². The lowest BCUT2D eigenvalue weighted by molar-refractivity contribution is 0.451. The predicted molar refractivity (Wildman–Crippen MR) is 55.8 cm³/mol. The quantitative estimate of drug-likeness (QED) is 0.628. The average molecular weight is 178 g/mol. The van der Waals surface area contributed by atoms with E-state index >= 15 is 0 Å². The third-order valence-corrected chi connectivity index (χ3v) is 2.03. The van der Waals surface area contributed by atoms with Crippen molar-refractivity contribution in [3.8, 4) is 0 Å². The highest BCUT2D eigenvalue weighted by atomic mass is 16.3. The molecule has 0 saturated carbocycles. The summed E-state index contributed by atoms with van der Waals surface area (Å²) in [6.45, 7) is 8.14. The van der Waals surface area contributed by atoms with Crippen LogP contribution in [0.3, 0.4) is 0 Å². The topological polar surface area (TPSA) is 13.1 Å². The van der Waals surface area contributed by atoms with Gasteiger partial charge in [0.1, 0.15) is 11.5 Å². The van der Waals surface area contributed by atoms with E-state index in [2.05, 4.69) is 26.5 Å². The summed E-state index contributed by atoms with van der Waals surface area (Å²) in [5, 5.41) is 0. The fourth-order valence-electron chi connectivity index (χ4n) is 1.24. The summed E-state index contributed by atoms with van der Waals surface area (Å²) in [7, 11) is 0. The molecule has 0 N–H and O–H groups in total. The van der Waals surface area contributed by atoms with Gasteiger partial charge in [-0.2, -0.15) is 0 Å². The second-order valence-electron chi connectivity index (χ2n) is 3.79. The maximum absolute atomic E-state index is 5.60. The van der Waals surface area contributed by atoms with Crippen LogP contribution in [0.1, 0.15) is 31.8 Å². The van der Waals surface area contributed by atoms with Gasteiger partial charge >= 0.3 is 0 Å². The zero-order chi connectivity index (χ0) is 9.68. The molecule has 0 amide bonds. The molecule has 0 fully saturated rings. The van der Waals surface area contributed by atoms with Gasteiger partial charge in [0.15, 0.2) is 0 Å². The molecule has 0 bridgehead atoms. The minimum absolute atomic E-state index is 0.743. The lowest BCUT2D eigenvalue weighted by Crippen LogP contribution is -1.89. The van der Waals surface area contributed by atoms with Crippen LogP contribution < -0.4 is 0 Å². The van der Waals surface area contributed by atoms with Crippen LogP contribution in [0.15, 0.2) is 29.2 Å². The van der Waals surface area contributed by atoms with Gasteiger partial charge < -0.3 is 4.42 Å². The molecule has 0 aliphatic heterocycles. The highest BCUT2D eigenvalue weighted by Gasteiger charge is 2.01. The van der Waals surface area contributed by atoms with Crippen molar-refractivity contribution in [2.75, 3.05) is 0 Å². The number of aryl methyl sites for hydroxylation is 1. The zero-order valence-corrected chi connectivity index (χ0v) is 8.55. The van der Waals surface area contributed by atoms with Crippen LogP contribution in [0.4, 0.5) is 0 Å². The van der Waals surface area contributed by atoms with Gasteiger partial charge in [0.2, 0.25) is 0 Å². The van der Waals surface area contributed by atoms with E-state index in [0.717, 1.165) is 30.3 Å². The largest absolute Gasteiger partial charge is 0.466 e. The summed E-state index contributed by atoms with van der Waals surface area (Å²) in [5.74, 6) is 2.87. The molecule has 72 valence electrons. The Morgan fingerprint density at radius 1 is 1.38 bits per heavy atom. The average Bonchev–Trinajstić information content (AvgIpc) is 2.50. The molecular formula is C12H18O. The van der Waals surface area contributed by atoms with E-state index in [9.17, 15) is 0 Å². The lowest BCUT2D eigenvalue weighted by Gasteiger charge is -2.00. The lowest BCUT2D eigenvalue weighted by atomic mass is 10.1. The molecular weight excluding hydrogens is 160 g/mol. The third kappa shape index (κ3) is 3.49. The molecule has 1 nitrogen and oxygen atoms in total. The standard InChI is InChI=1S/C12H18O/c1-4-5-11-8-9-12(13-11)7-6-10(2)3/h4,8-10H,1,5-7H2,2-3H3. The smallest absolute Gasteiger partial charge is 0.107 e. The van der Waals surface area contributed by atoms with Crippen molar-refractivity contribution in [3.63, 3.8) is 0 Å². The van der Waals surface area contributed by atoms with Gasteiger partial charge in [-0.05, 0) is 24.5 Å². The molecule has 0 saturated heterocycles. The second kappa shape index (κ2) is 4.90. The summed E-state index contributed by atoms with van der Waals surface area (Å²) in [5.41, 5.74) is 0. The van der Waals surface area contributed by atoms with Crippen molar-refractivity contribution in [2.45, 2.75) is 33.1 Å². The van der Waals surface area contributed by atoms with Gasteiger partial charge in [-0.3, -0.25) is 0 Å². The van der Waals surface area contributed by atoms with E-state index in [1.165, 1.54) is 6.42 Å². The van der Waals surface area contributed by atoms with E-state index < -0.39 is 0 Å². The highest BCUT2D eigenvalue weighted by Crippen LogP contribution is 2.13. The Morgan fingerprint density at radius 3 is 2.69 bits per heavy atom. The first-order valence-corrected chi connectivity index (χ1v) is 4.91. The molecule has 13 heavy (non-hydrogen) atoms. The fraction of sp³-hybridized carbons (Fsp3) is 0.500. The highest BCUT2D eigenvalue weighted by molar-refractivity contribution is 5.09. The molecule has 1 rings (SSSR count). The van der Waals surface area contributed by atoms with Crippen molar-refractivity contribution in [3.05, 3.63) is 36.3 Å². The van der Waals surface area contributed by atoms with Crippen LogP contribution in [0.2, 0.25) is 0 Å². The molecule has 1 aromatic heterocycles. The van der Waals surface area contributed by atoms with Crippen molar-refractivity contribution < 1.29 is 4.42 Å². The first kappa shape index (κ1) is 10.1. The minimum Gasteiger partial charge on any atom is -0.466 e. The van der Waals surface area contributed by atoms with Crippen LogP contribution >= 0.6 is 0 Å². The Labute approximate surface area is 80.5 Å². The normalized spacial score (nSPS) is 10.7. The SMILES string of the molecule is C=CCc1ccc(CCC(C)C)o1. The van der Waals surface area contributed by atoms with Crippen LogP contribution in [0.5, 0.6) is 0 Å². The molecule has 0 aliphatic rings. The van der Waals surface area contributed by atoms with Crippen molar-refractivity contribution >= 4 is 0 Å². The van der Waals surface area contributed by atoms with Crippen LogP contribution in [0, 0.1) is 5.92 Å². The summed E-state index contributed by atoms with van der Waals surface area (Å²) >= 11 is 0. The molecule has 0 radical (unpaired) electrons. The summed E-state index contributed by atoms with van der Waals surface area (Å²) in [4.78, 5) is 0. The van der Waals surface area contributed by atoms with Gasteiger partial charge in [-0.25, -0.2) is 0 Å². The minimum atomic E-state index is 0.743. The predicted octanol–water partition coefficient (Wildman–Crippen LogP) is 3.60. The molecule has 0 aliphatic carbocycles. The number of hydrogen-bond donors (Lipinski definition) is 0. The Hall–Kier alpha value is -0.980. The fourth-order valence-corrected chi connectivity index (χ4v) is 1.24. The first-order chi connectivity index (χ1) is 6.22. The van der Waals surface area contributed by atoms with E-state index in [4.69, 9.17) is 4.42 Å². The molecule has 0 spiro atoms. The maximum atomic E-state index is 5.60. The summed E-state index contributed by atoms with van der Waals surface area (Å²) in [6.07, 6.45) is 4.95. The van der Waals surface area contributed by atoms with Gasteiger partial charge in [0, 0.05) is 12.8 Å². The maximum Gasteiger partial charge on any atom is 0.107 e. The summed E-state index contributed by atoms with van der Waals surface area (Å²) < 4.78 is 5.60. The Balaban J connectivity index is 2.44. The summed E-state index contributed by atoms with van der Waals surface area (Å²) in [6, 6.07) is 4.11. The zero-order valence-electron chi connectivity index (χ0n) is 8.55. The number of rotatable bonds is 5. The number of allylic oxidation sites excluding steroid dienone is 1. The van der Waals surface area contributed by atoms with Crippen molar-refractivity contribution in [2.24, 2.45) is 5.92 Å². The van der Waals surface area contributed by atoms with Crippen LogP contribution in [-0.4, -0.2) is 0 Å². The van der Waals surface area contributed by atoms with Gasteiger partial charge in [0.05, 0.1) is 0 Å². The van der Waals surface area contributed by atoms with E-state index in [1.807, 2.05) is 12.1 Å². The Kier molecular flexibility index (Phi) is 3.81. The van der Waals surface area contributed by atoms with Gasteiger partial charge in [-0.1, -0.05) is 19.9 Å². The monoisotopic (exact) mass is 178 g/mol. The molecule has 1 aromatic rings. The van der Waals surface area contributed by atoms with Crippen molar-refractivity contribution in [1.82, 2.24) is 0 Å². The van der Waals surface area contributed by atoms with E-state index in [-0.39, 0.29) is 0 Å². The second-order valence-corrected chi connectivity index (χ2v) is 3.79. The first-order valence-electron chi connectivity index (χ1n) is 4.91. The van der Waals surface area contributed by atoms with Crippen LogP contribution in [0.25, 0.3) is 0 Å². The van der Waals surface area contributed by atoms with Gasteiger partial charge in [0.25, 0.3) is 0 Å². The Morgan fingerprint density at radius 2 is 2.08 bits per heavy atom. The molecule has 0 aromatic carbocycles. The molecule has 0 unspecified atom stereocenters. The van der Waals surface area contributed by atoms with E-state index in [0.29, 0.717) is 0 Å². The number of furan rings is 1. The van der Waals surface area contributed by atoms with Crippen molar-refractivity contribution in [1.29, 1.82) is 0 Å². The molecule has 1 heterocycles. The number of hydrogen-bond acceptors (Lipinski definition) is 1. The Bertz CT molecular complexity index is 258. The molecule has 1 heteroatoms. The van der Waals surface area contributed by atoms with E-state index in [1.54, 1.807) is 0 Å².